The Labute approximate surface area is 161 Å². The number of para-hydroxylation sites is 1. The van der Waals surface area contributed by atoms with E-state index in [0.717, 1.165) is 37.2 Å². The molecule has 6 heteroatoms. The highest BCUT2D eigenvalue weighted by Gasteiger charge is 2.33. The van der Waals surface area contributed by atoms with Gasteiger partial charge in [-0.3, -0.25) is 14.4 Å². The average Bonchev–Trinajstić information content (AvgIpc) is 3.20. The average molecular weight is 367 g/mol. The highest BCUT2D eigenvalue weighted by atomic mass is 16.2. The Balaban J connectivity index is 1.59. The maximum Gasteiger partial charge on any atom is 0.244 e. The number of carbonyl (C=O) groups excluding carboxylic acids is 1. The zero-order valence-electron chi connectivity index (χ0n) is 16.3. The summed E-state index contributed by atoms with van der Waals surface area (Å²) in [4.78, 5) is 17.6. The molecule has 0 saturated carbocycles. The van der Waals surface area contributed by atoms with E-state index in [9.17, 15) is 4.79 Å². The number of hydrogen-bond donors (Lipinski definition) is 1. The minimum Gasteiger partial charge on any atom is -0.385 e. The third kappa shape index (κ3) is 4.00. The fraction of sp³-hybridized carbons (Fsp3) is 0.524. The van der Waals surface area contributed by atoms with Crippen molar-refractivity contribution in [2.45, 2.75) is 51.4 Å². The van der Waals surface area contributed by atoms with Crippen molar-refractivity contribution in [2.75, 3.05) is 25.5 Å². The van der Waals surface area contributed by atoms with Crippen LogP contribution < -0.4 is 5.32 Å². The van der Waals surface area contributed by atoms with E-state index in [-0.39, 0.29) is 5.91 Å². The van der Waals surface area contributed by atoms with E-state index in [1.165, 1.54) is 12.0 Å². The van der Waals surface area contributed by atoms with Crippen molar-refractivity contribution in [2.24, 2.45) is 0 Å². The Morgan fingerprint density at radius 3 is 2.85 bits per heavy atom. The first kappa shape index (κ1) is 18.0. The van der Waals surface area contributed by atoms with E-state index in [1.807, 2.05) is 18.0 Å². The molecule has 2 atom stereocenters. The van der Waals surface area contributed by atoms with E-state index < -0.39 is 0 Å². The van der Waals surface area contributed by atoms with Crippen LogP contribution in [0.2, 0.25) is 0 Å². The molecule has 0 radical (unpaired) electrons. The first-order valence-electron chi connectivity index (χ1n) is 9.90. The molecule has 1 saturated heterocycles. The van der Waals surface area contributed by atoms with E-state index >= 15 is 0 Å². The van der Waals surface area contributed by atoms with Gasteiger partial charge >= 0.3 is 0 Å². The van der Waals surface area contributed by atoms with Crippen molar-refractivity contribution in [1.29, 1.82) is 0 Å². The van der Waals surface area contributed by atoms with E-state index in [2.05, 4.69) is 46.6 Å². The van der Waals surface area contributed by atoms with Gasteiger partial charge in [0.2, 0.25) is 5.91 Å². The van der Waals surface area contributed by atoms with Crippen molar-refractivity contribution < 1.29 is 4.79 Å². The number of carbonyl (C=O) groups is 1. The number of rotatable bonds is 2. The van der Waals surface area contributed by atoms with Crippen LogP contribution in [0.1, 0.15) is 30.4 Å². The number of benzene rings is 1. The Kier molecular flexibility index (Phi) is 5.16. The molecule has 1 fully saturated rings. The number of nitrogens with one attached hydrogen (secondary N) is 1. The molecule has 27 heavy (non-hydrogen) atoms. The number of hydrogen-bond acceptors (Lipinski definition) is 4. The molecule has 0 unspecified atom stereocenters. The third-order valence-corrected chi connectivity index (χ3v) is 6.00. The molecule has 1 aromatic carbocycles. The fourth-order valence-electron chi connectivity index (χ4n) is 4.37. The summed E-state index contributed by atoms with van der Waals surface area (Å²) in [5.74, 6) is 0.129. The third-order valence-electron chi connectivity index (χ3n) is 6.00. The minimum absolute atomic E-state index is 0.129. The first-order valence-corrected chi connectivity index (χ1v) is 9.90. The smallest absolute Gasteiger partial charge is 0.244 e. The number of aromatic nitrogens is 2. The van der Waals surface area contributed by atoms with Crippen molar-refractivity contribution in [1.82, 2.24) is 19.6 Å². The quantitative estimate of drug-likeness (QED) is 0.886. The predicted octanol–water partition coefficient (Wildman–Crippen LogP) is 2.50. The molecule has 1 amide bonds. The lowest BCUT2D eigenvalue weighted by Gasteiger charge is -2.31. The lowest BCUT2D eigenvalue weighted by Crippen LogP contribution is -2.44. The van der Waals surface area contributed by atoms with Crippen molar-refractivity contribution in [3.05, 3.63) is 47.8 Å². The van der Waals surface area contributed by atoms with Gasteiger partial charge in [-0.2, -0.15) is 5.10 Å². The summed E-state index contributed by atoms with van der Waals surface area (Å²) in [6, 6.07) is 9.39. The van der Waals surface area contributed by atoms with Gasteiger partial charge in [0, 0.05) is 43.6 Å². The maximum absolute atomic E-state index is 13.1. The SMILES string of the molecule is Cc1cnn(CC(=O)N2Cc3ccccc3NCC[C@@H]3CC[C@H](C2)N3C)c1. The summed E-state index contributed by atoms with van der Waals surface area (Å²) in [6.45, 7) is 4.68. The summed E-state index contributed by atoms with van der Waals surface area (Å²) >= 11 is 0. The summed E-state index contributed by atoms with van der Waals surface area (Å²) < 4.78 is 1.74. The Bertz CT molecular complexity index is 801. The maximum atomic E-state index is 13.1. The topological polar surface area (TPSA) is 53.4 Å². The van der Waals surface area contributed by atoms with Crippen LogP contribution in [0.4, 0.5) is 5.69 Å². The molecule has 0 aliphatic carbocycles. The van der Waals surface area contributed by atoms with Gasteiger partial charge in [-0.05, 0) is 50.4 Å². The Hall–Kier alpha value is -2.34. The minimum atomic E-state index is 0.129. The number of fused-ring (bicyclic) bond motifs is 3. The van der Waals surface area contributed by atoms with Crippen LogP contribution in [-0.2, 0) is 17.9 Å². The Morgan fingerprint density at radius 2 is 2.04 bits per heavy atom. The molecule has 1 N–H and O–H groups in total. The summed E-state index contributed by atoms with van der Waals surface area (Å²) in [6.07, 6.45) is 7.24. The molecule has 0 spiro atoms. The van der Waals surface area contributed by atoms with Crippen LogP contribution >= 0.6 is 0 Å². The molecule has 2 bridgehead atoms. The summed E-state index contributed by atoms with van der Waals surface area (Å²) in [7, 11) is 2.22. The lowest BCUT2D eigenvalue weighted by molar-refractivity contribution is -0.133. The molecule has 6 nitrogen and oxygen atoms in total. The van der Waals surface area contributed by atoms with Crippen molar-refractivity contribution >= 4 is 11.6 Å². The van der Waals surface area contributed by atoms with Gasteiger partial charge in [0.15, 0.2) is 0 Å². The van der Waals surface area contributed by atoms with Crippen LogP contribution in [0.3, 0.4) is 0 Å². The predicted molar refractivity (Wildman–Crippen MR) is 107 cm³/mol. The molecule has 2 aliphatic rings. The highest BCUT2D eigenvalue weighted by molar-refractivity contribution is 5.76. The molecule has 4 rings (SSSR count). The van der Waals surface area contributed by atoms with Gasteiger partial charge in [-0.25, -0.2) is 0 Å². The molecule has 3 heterocycles. The number of likely N-dealkylation sites (N-methyl/N-ethyl adjacent to an activating group) is 1. The standard InChI is InChI=1S/C21H29N5O/c1-16-11-23-26(12-16)15-21(27)25-13-17-5-3-4-6-20(17)22-10-9-18-7-8-19(14-25)24(18)2/h3-6,11-12,18-19,22H,7-10,13-15H2,1-2H3/t18-,19+/m0/s1. The van der Waals surface area contributed by atoms with Gasteiger partial charge in [0.25, 0.3) is 0 Å². The van der Waals surface area contributed by atoms with Crippen LogP contribution in [0.25, 0.3) is 0 Å². The van der Waals surface area contributed by atoms with Crippen LogP contribution in [0, 0.1) is 6.92 Å². The first-order chi connectivity index (χ1) is 13.1. The van der Waals surface area contributed by atoms with Crippen molar-refractivity contribution in [3.63, 3.8) is 0 Å². The second-order valence-electron chi connectivity index (χ2n) is 7.91. The van der Waals surface area contributed by atoms with Crippen LogP contribution in [0.5, 0.6) is 0 Å². The normalized spacial score (nSPS) is 23.4. The van der Waals surface area contributed by atoms with E-state index in [0.29, 0.717) is 25.2 Å². The lowest BCUT2D eigenvalue weighted by atomic mass is 10.1. The molecular formula is C21H29N5O. The summed E-state index contributed by atoms with van der Waals surface area (Å²) in [5, 5.41) is 7.89. The van der Waals surface area contributed by atoms with Crippen molar-refractivity contribution in [3.8, 4) is 0 Å². The molecule has 1 aromatic heterocycles. The second kappa shape index (κ2) is 7.72. The van der Waals surface area contributed by atoms with Crippen LogP contribution in [-0.4, -0.2) is 57.7 Å². The monoisotopic (exact) mass is 367 g/mol. The fourth-order valence-corrected chi connectivity index (χ4v) is 4.37. The van der Waals surface area contributed by atoms with E-state index in [1.54, 1.807) is 10.9 Å². The largest absolute Gasteiger partial charge is 0.385 e. The number of amides is 1. The van der Waals surface area contributed by atoms with Gasteiger partial charge in [0.1, 0.15) is 6.54 Å². The van der Waals surface area contributed by atoms with E-state index in [4.69, 9.17) is 0 Å². The molecular weight excluding hydrogens is 338 g/mol. The highest BCUT2D eigenvalue weighted by Crippen LogP contribution is 2.28. The zero-order valence-corrected chi connectivity index (χ0v) is 16.3. The van der Waals surface area contributed by atoms with Crippen LogP contribution in [0.15, 0.2) is 36.7 Å². The van der Waals surface area contributed by atoms with Gasteiger partial charge in [-0.1, -0.05) is 18.2 Å². The number of nitrogens with zero attached hydrogens (tertiary/aromatic N) is 4. The zero-order chi connectivity index (χ0) is 18.8. The Morgan fingerprint density at radius 1 is 1.22 bits per heavy atom. The van der Waals surface area contributed by atoms with Gasteiger partial charge in [-0.15, -0.1) is 0 Å². The molecule has 2 aliphatic heterocycles. The number of anilines is 1. The molecule has 144 valence electrons. The summed E-state index contributed by atoms with van der Waals surface area (Å²) in [5.41, 5.74) is 3.40. The van der Waals surface area contributed by atoms with Gasteiger partial charge in [0.05, 0.1) is 6.20 Å². The second-order valence-corrected chi connectivity index (χ2v) is 7.91. The molecule has 2 aromatic rings. The number of aryl methyl sites for hydroxylation is 1. The van der Waals surface area contributed by atoms with Gasteiger partial charge < -0.3 is 10.2 Å².